The van der Waals surface area contributed by atoms with Gasteiger partial charge in [-0.25, -0.2) is 9.48 Å². The molecule has 112 valence electrons. The van der Waals surface area contributed by atoms with E-state index in [9.17, 15) is 9.90 Å². The average Bonchev–Trinajstić information content (AvgIpc) is 3.03. The van der Waals surface area contributed by atoms with E-state index in [4.69, 9.17) is 23.2 Å². The molecule has 0 saturated carbocycles. The van der Waals surface area contributed by atoms with Gasteiger partial charge in [-0.15, -0.1) is 11.3 Å². The highest BCUT2D eigenvalue weighted by Gasteiger charge is 2.22. The van der Waals surface area contributed by atoms with Crippen LogP contribution in [-0.2, 0) is 0 Å². The molecule has 0 atom stereocenters. The molecule has 0 aliphatic heterocycles. The number of carboxylic acid groups (broad SMARTS) is 1. The van der Waals surface area contributed by atoms with Crippen LogP contribution in [-0.4, -0.2) is 20.9 Å². The number of carboxylic acids is 1. The first-order valence-electron chi connectivity index (χ1n) is 6.30. The third-order valence-corrected chi connectivity index (χ3v) is 4.73. The quantitative estimate of drug-likeness (QED) is 0.728. The number of halogens is 2. The van der Waals surface area contributed by atoms with Crippen molar-refractivity contribution in [3.05, 3.63) is 57.0 Å². The Balaban J connectivity index is 2.26. The normalized spacial score (nSPS) is 10.9. The monoisotopic (exact) mass is 352 g/mol. The van der Waals surface area contributed by atoms with Gasteiger partial charge in [-0.2, -0.15) is 5.10 Å². The Labute approximate surface area is 140 Å². The predicted molar refractivity (Wildman–Crippen MR) is 88.6 cm³/mol. The molecule has 3 aromatic rings. The fraction of sp³-hybridized carbons (Fsp3) is 0.0667. The zero-order chi connectivity index (χ0) is 15.9. The lowest BCUT2D eigenvalue weighted by Gasteiger charge is -2.07. The number of benzene rings is 1. The fourth-order valence-electron chi connectivity index (χ4n) is 2.19. The van der Waals surface area contributed by atoms with Gasteiger partial charge in [-0.3, -0.25) is 0 Å². The van der Waals surface area contributed by atoms with Crippen molar-refractivity contribution in [1.29, 1.82) is 0 Å². The predicted octanol–water partition coefficient (Wildman–Crippen LogP) is 4.91. The van der Waals surface area contributed by atoms with Crippen molar-refractivity contribution in [3.8, 4) is 16.3 Å². The highest BCUT2D eigenvalue weighted by Crippen LogP contribution is 2.34. The molecule has 0 amide bonds. The summed E-state index contributed by atoms with van der Waals surface area (Å²) in [4.78, 5) is 12.2. The highest BCUT2D eigenvalue weighted by molar-refractivity contribution is 7.14. The molecule has 0 unspecified atom stereocenters. The minimum Gasteiger partial charge on any atom is -0.476 e. The van der Waals surface area contributed by atoms with Crippen LogP contribution in [0.2, 0.25) is 10.0 Å². The first-order chi connectivity index (χ1) is 10.5. The van der Waals surface area contributed by atoms with E-state index in [1.165, 1.54) is 11.3 Å². The van der Waals surface area contributed by atoms with E-state index in [-0.39, 0.29) is 5.69 Å². The molecule has 1 N–H and O–H groups in total. The molecule has 0 aliphatic rings. The molecule has 1 aromatic carbocycles. The summed E-state index contributed by atoms with van der Waals surface area (Å²) in [6.45, 7) is 1.74. The van der Waals surface area contributed by atoms with Gasteiger partial charge in [0.25, 0.3) is 0 Å². The summed E-state index contributed by atoms with van der Waals surface area (Å²) in [7, 11) is 0. The molecule has 0 spiro atoms. The largest absolute Gasteiger partial charge is 0.476 e. The maximum absolute atomic E-state index is 11.4. The highest BCUT2D eigenvalue weighted by atomic mass is 35.5. The lowest BCUT2D eigenvalue weighted by Crippen LogP contribution is -2.02. The number of thiophene rings is 1. The van der Waals surface area contributed by atoms with E-state index >= 15 is 0 Å². The van der Waals surface area contributed by atoms with E-state index < -0.39 is 5.97 Å². The lowest BCUT2D eigenvalue weighted by atomic mass is 10.1. The van der Waals surface area contributed by atoms with E-state index in [0.29, 0.717) is 15.6 Å². The standard InChI is InChI=1S/C15H10Cl2N2O2S/c1-8-13(15(20)21)18-19(11-4-2-9(16)3-5-11)14(8)12-6-10(17)7-22-12/h2-7H,1H3,(H,20,21). The Morgan fingerprint density at radius 2 is 1.91 bits per heavy atom. The Kier molecular flexibility index (Phi) is 3.95. The van der Waals surface area contributed by atoms with Crippen molar-refractivity contribution in [3.63, 3.8) is 0 Å². The van der Waals surface area contributed by atoms with Crippen molar-refractivity contribution >= 4 is 40.5 Å². The smallest absolute Gasteiger partial charge is 0.356 e. The first kappa shape index (κ1) is 15.1. The maximum Gasteiger partial charge on any atom is 0.356 e. The average molecular weight is 353 g/mol. The second kappa shape index (κ2) is 5.76. The summed E-state index contributed by atoms with van der Waals surface area (Å²) in [5, 5.41) is 16.6. The lowest BCUT2D eigenvalue weighted by molar-refractivity contribution is 0.0689. The van der Waals surface area contributed by atoms with Gasteiger partial charge in [-0.05, 0) is 37.3 Å². The van der Waals surface area contributed by atoms with Crippen LogP contribution in [0.5, 0.6) is 0 Å². The molecule has 7 heteroatoms. The molecule has 2 aromatic heterocycles. The first-order valence-corrected chi connectivity index (χ1v) is 7.94. The molecule has 0 saturated heterocycles. The fourth-order valence-corrected chi connectivity index (χ4v) is 3.48. The number of aromatic nitrogens is 2. The van der Waals surface area contributed by atoms with Crippen molar-refractivity contribution in [2.75, 3.05) is 0 Å². The Morgan fingerprint density at radius 1 is 1.23 bits per heavy atom. The topological polar surface area (TPSA) is 55.1 Å². The summed E-state index contributed by atoms with van der Waals surface area (Å²) < 4.78 is 1.61. The third-order valence-electron chi connectivity index (χ3n) is 3.20. The Morgan fingerprint density at radius 3 is 2.45 bits per heavy atom. The van der Waals surface area contributed by atoms with Crippen LogP contribution >= 0.6 is 34.5 Å². The molecule has 4 nitrogen and oxygen atoms in total. The summed E-state index contributed by atoms with van der Waals surface area (Å²) in [5.41, 5.74) is 2.08. The number of nitrogens with zero attached hydrogens (tertiary/aromatic N) is 2. The SMILES string of the molecule is Cc1c(C(=O)O)nn(-c2ccc(Cl)cc2)c1-c1cc(Cl)cs1. The molecular weight excluding hydrogens is 343 g/mol. The van der Waals surface area contributed by atoms with Crippen LogP contribution in [0.4, 0.5) is 0 Å². The molecule has 22 heavy (non-hydrogen) atoms. The number of rotatable bonds is 3. The van der Waals surface area contributed by atoms with Crippen LogP contribution < -0.4 is 0 Å². The Bertz CT molecular complexity index is 853. The number of hydrogen-bond donors (Lipinski definition) is 1. The summed E-state index contributed by atoms with van der Waals surface area (Å²) in [6, 6.07) is 8.85. The van der Waals surface area contributed by atoms with Gasteiger partial charge >= 0.3 is 5.97 Å². The molecule has 0 aliphatic carbocycles. The van der Waals surface area contributed by atoms with Crippen LogP contribution in [0.15, 0.2) is 35.7 Å². The van der Waals surface area contributed by atoms with Crippen LogP contribution in [0.1, 0.15) is 16.1 Å². The maximum atomic E-state index is 11.4. The molecule has 0 bridgehead atoms. The van der Waals surface area contributed by atoms with Gasteiger partial charge in [-0.1, -0.05) is 23.2 Å². The number of hydrogen-bond acceptors (Lipinski definition) is 3. The molecular formula is C15H10Cl2N2O2S. The third kappa shape index (κ3) is 2.63. The Hall–Kier alpha value is -1.82. The summed E-state index contributed by atoms with van der Waals surface area (Å²) in [5.74, 6) is -1.06. The number of aromatic carboxylic acids is 1. The molecule has 3 rings (SSSR count). The zero-order valence-corrected chi connectivity index (χ0v) is 13.7. The molecule has 0 fully saturated rings. The molecule has 0 radical (unpaired) electrons. The van der Waals surface area contributed by atoms with Crippen molar-refractivity contribution in [2.45, 2.75) is 6.92 Å². The van der Waals surface area contributed by atoms with Crippen molar-refractivity contribution in [2.24, 2.45) is 0 Å². The van der Waals surface area contributed by atoms with E-state index in [2.05, 4.69) is 5.10 Å². The number of carbonyl (C=O) groups is 1. The second-order valence-corrected chi connectivity index (χ2v) is 6.43. The van der Waals surface area contributed by atoms with Crippen molar-refractivity contribution < 1.29 is 9.90 Å². The van der Waals surface area contributed by atoms with Crippen molar-refractivity contribution in [1.82, 2.24) is 9.78 Å². The van der Waals surface area contributed by atoms with Crippen LogP contribution in [0.25, 0.3) is 16.3 Å². The second-order valence-electron chi connectivity index (χ2n) is 4.64. The van der Waals surface area contributed by atoms with E-state index in [1.54, 1.807) is 47.3 Å². The van der Waals surface area contributed by atoms with Gasteiger partial charge in [0.1, 0.15) is 0 Å². The summed E-state index contributed by atoms with van der Waals surface area (Å²) >= 11 is 13.3. The summed E-state index contributed by atoms with van der Waals surface area (Å²) in [6.07, 6.45) is 0. The van der Waals surface area contributed by atoms with Gasteiger partial charge in [0.15, 0.2) is 5.69 Å². The van der Waals surface area contributed by atoms with Crippen LogP contribution in [0, 0.1) is 6.92 Å². The van der Waals surface area contributed by atoms with Crippen LogP contribution in [0.3, 0.4) is 0 Å². The minimum atomic E-state index is -1.06. The minimum absolute atomic E-state index is 0.0227. The van der Waals surface area contributed by atoms with Gasteiger partial charge < -0.3 is 5.11 Å². The van der Waals surface area contributed by atoms with Gasteiger partial charge in [0.05, 0.1) is 21.3 Å². The zero-order valence-electron chi connectivity index (χ0n) is 11.4. The van der Waals surface area contributed by atoms with E-state index in [0.717, 1.165) is 16.3 Å². The molecule has 2 heterocycles. The van der Waals surface area contributed by atoms with Gasteiger partial charge in [0, 0.05) is 16.0 Å². The van der Waals surface area contributed by atoms with Gasteiger partial charge in [0.2, 0.25) is 0 Å². The van der Waals surface area contributed by atoms with E-state index in [1.807, 2.05) is 0 Å².